The van der Waals surface area contributed by atoms with Crippen molar-refractivity contribution in [3.05, 3.63) is 42.5 Å². The Kier molecular flexibility index (Phi) is 9.66. The third kappa shape index (κ3) is 7.41. The van der Waals surface area contributed by atoms with Crippen LogP contribution in [0.1, 0.15) is 90.3 Å². The first kappa shape index (κ1) is 22.8. The van der Waals surface area contributed by atoms with Gasteiger partial charge in [-0.1, -0.05) is 83.8 Å². The van der Waals surface area contributed by atoms with E-state index in [9.17, 15) is 0 Å². The Bertz CT molecular complexity index is 703. The first-order valence-corrected chi connectivity index (χ1v) is 12.3. The molecule has 0 bridgehead atoms. The lowest BCUT2D eigenvalue weighted by Crippen LogP contribution is -2.15. The maximum atomic E-state index is 5.87. The molecule has 1 heterocycles. The van der Waals surface area contributed by atoms with Crippen molar-refractivity contribution in [1.82, 2.24) is 9.97 Å². The standard InChI is InChI=1S/C27H40N2O/c1-3-5-6-7-8-19-30-26-16-14-24(15-17-26)25-20-28-27(29-21-25)18-13-23-11-9-22(4-2)10-12-23/h14-17,20-23H,3-13,18-19H2,1-2H3/t22-,23-. The van der Waals surface area contributed by atoms with Gasteiger partial charge in [-0.3, -0.25) is 0 Å². The summed E-state index contributed by atoms with van der Waals surface area (Å²) in [5.74, 6) is 3.78. The molecule has 0 radical (unpaired) electrons. The molecule has 1 fully saturated rings. The maximum Gasteiger partial charge on any atom is 0.128 e. The average Bonchev–Trinajstić information content (AvgIpc) is 2.81. The highest BCUT2D eigenvalue weighted by molar-refractivity contribution is 5.62. The Balaban J connectivity index is 1.41. The largest absolute Gasteiger partial charge is 0.494 e. The number of hydrogen-bond donors (Lipinski definition) is 0. The van der Waals surface area contributed by atoms with Crippen molar-refractivity contribution >= 4 is 0 Å². The SMILES string of the molecule is CCCCCCCOc1ccc(-c2cnc(CC[C@H]3CC[C@H](CC)CC3)nc2)cc1. The van der Waals surface area contributed by atoms with Crippen LogP contribution >= 0.6 is 0 Å². The van der Waals surface area contributed by atoms with Crippen molar-refractivity contribution in [2.45, 2.75) is 90.9 Å². The van der Waals surface area contributed by atoms with Crippen LogP contribution in [0.25, 0.3) is 11.1 Å². The van der Waals surface area contributed by atoms with Gasteiger partial charge in [-0.25, -0.2) is 9.97 Å². The third-order valence-electron chi connectivity index (χ3n) is 6.73. The second-order valence-electron chi connectivity index (χ2n) is 9.01. The fraction of sp³-hybridized carbons (Fsp3) is 0.630. The molecule has 0 aliphatic heterocycles. The van der Waals surface area contributed by atoms with Crippen LogP contribution in [0.15, 0.2) is 36.7 Å². The Morgan fingerprint density at radius 1 is 0.800 bits per heavy atom. The quantitative estimate of drug-likeness (QED) is 0.338. The van der Waals surface area contributed by atoms with Gasteiger partial charge >= 0.3 is 0 Å². The minimum atomic E-state index is 0.807. The second kappa shape index (κ2) is 12.7. The van der Waals surface area contributed by atoms with Gasteiger partial charge < -0.3 is 4.74 Å². The average molecular weight is 409 g/mol. The van der Waals surface area contributed by atoms with Crippen LogP contribution in [0.4, 0.5) is 0 Å². The van der Waals surface area contributed by atoms with E-state index in [2.05, 4.69) is 48.1 Å². The molecule has 0 saturated heterocycles. The molecule has 0 unspecified atom stereocenters. The highest BCUT2D eigenvalue weighted by Crippen LogP contribution is 2.33. The fourth-order valence-corrected chi connectivity index (χ4v) is 4.53. The molecule has 30 heavy (non-hydrogen) atoms. The van der Waals surface area contributed by atoms with E-state index in [1.807, 2.05) is 12.4 Å². The minimum Gasteiger partial charge on any atom is -0.494 e. The Morgan fingerprint density at radius 3 is 2.13 bits per heavy atom. The van der Waals surface area contributed by atoms with Gasteiger partial charge in [0.1, 0.15) is 11.6 Å². The van der Waals surface area contributed by atoms with E-state index < -0.39 is 0 Å². The summed E-state index contributed by atoms with van der Waals surface area (Å²) in [4.78, 5) is 9.27. The first-order chi connectivity index (χ1) is 14.8. The molecule has 1 aliphatic carbocycles. The van der Waals surface area contributed by atoms with E-state index in [1.54, 1.807) is 0 Å². The molecule has 164 valence electrons. The molecule has 2 aromatic rings. The van der Waals surface area contributed by atoms with E-state index in [4.69, 9.17) is 4.74 Å². The van der Waals surface area contributed by atoms with E-state index in [-0.39, 0.29) is 0 Å². The maximum absolute atomic E-state index is 5.87. The van der Waals surface area contributed by atoms with E-state index in [1.165, 1.54) is 64.2 Å². The smallest absolute Gasteiger partial charge is 0.128 e. The zero-order valence-electron chi connectivity index (χ0n) is 19.1. The lowest BCUT2D eigenvalue weighted by Gasteiger charge is -2.27. The zero-order valence-corrected chi connectivity index (χ0v) is 19.1. The van der Waals surface area contributed by atoms with Gasteiger partial charge in [0.2, 0.25) is 0 Å². The summed E-state index contributed by atoms with van der Waals surface area (Å²) in [6.07, 6.45) is 19.5. The monoisotopic (exact) mass is 408 g/mol. The predicted molar refractivity (Wildman–Crippen MR) is 126 cm³/mol. The molecule has 0 N–H and O–H groups in total. The van der Waals surface area contributed by atoms with Crippen LogP contribution in [0.5, 0.6) is 5.75 Å². The molecule has 1 aromatic heterocycles. The van der Waals surface area contributed by atoms with Gasteiger partial charge in [-0.15, -0.1) is 0 Å². The lowest BCUT2D eigenvalue weighted by molar-refractivity contribution is 0.258. The second-order valence-corrected chi connectivity index (χ2v) is 9.01. The van der Waals surface area contributed by atoms with Gasteiger partial charge in [0.25, 0.3) is 0 Å². The Labute approximate surface area is 183 Å². The summed E-state index contributed by atoms with van der Waals surface area (Å²) in [7, 11) is 0. The molecule has 1 aliphatic rings. The van der Waals surface area contributed by atoms with Crippen molar-refractivity contribution in [3.8, 4) is 16.9 Å². The van der Waals surface area contributed by atoms with Crippen LogP contribution in [-0.4, -0.2) is 16.6 Å². The molecule has 3 nitrogen and oxygen atoms in total. The summed E-state index contributed by atoms with van der Waals surface area (Å²) in [5, 5.41) is 0. The van der Waals surface area contributed by atoms with E-state index in [0.29, 0.717) is 0 Å². The Hall–Kier alpha value is -1.90. The van der Waals surface area contributed by atoms with Crippen molar-refractivity contribution in [2.24, 2.45) is 11.8 Å². The molecule has 0 spiro atoms. The molecule has 1 aromatic carbocycles. The summed E-state index contributed by atoms with van der Waals surface area (Å²) in [5.41, 5.74) is 2.23. The van der Waals surface area contributed by atoms with E-state index >= 15 is 0 Å². The molecule has 0 atom stereocenters. The van der Waals surface area contributed by atoms with Crippen molar-refractivity contribution in [2.75, 3.05) is 6.61 Å². The van der Waals surface area contributed by atoms with Crippen LogP contribution in [0.2, 0.25) is 0 Å². The summed E-state index contributed by atoms with van der Waals surface area (Å²) in [6, 6.07) is 8.33. The van der Waals surface area contributed by atoms with Gasteiger partial charge in [-0.2, -0.15) is 0 Å². The van der Waals surface area contributed by atoms with Crippen LogP contribution < -0.4 is 4.74 Å². The predicted octanol–water partition coefficient (Wildman–Crippen LogP) is 7.64. The van der Waals surface area contributed by atoms with Crippen molar-refractivity contribution in [3.63, 3.8) is 0 Å². The van der Waals surface area contributed by atoms with E-state index in [0.717, 1.165) is 54.0 Å². The summed E-state index contributed by atoms with van der Waals surface area (Å²) < 4.78 is 5.87. The molecular weight excluding hydrogens is 368 g/mol. The van der Waals surface area contributed by atoms with Gasteiger partial charge in [0.15, 0.2) is 0 Å². The molecule has 3 heteroatoms. The summed E-state index contributed by atoms with van der Waals surface area (Å²) in [6.45, 7) is 5.38. The van der Waals surface area contributed by atoms with Crippen LogP contribution in [0.3, 0.4) is 0 Å². The number of rotatable bonds is 12. The number of aryl methyl sites for hydroxylation is 1. The van der Waals surface area contributed by atoms with Crippen LogP contribution in [0, 0.1) is 11.8 Å². The number of nitrogens with zero attached hydrogens (tertiary/aromatic N) is 2. The highest BCUT2D eigenvalue weighted by atomic mass is 16.5. The topological polar surface area (TPSA) is 35.0 Å². The first-order valence-electron chi connectivity index (χ1n) is 12.3. The molecule has 3 rings (SSSR count). The normalized spacial score (nSPS) is 19.0. The van der Waals surface area contributed by atoms with Crippen LogP contribution in [-0.2, 0) is 6.42 Å². The number of aromatic nitrogens is 2. The zero-order chi connectivity index (χ0) is 21.0. The molecular formula is C27H40N2O. The van der Waals surface area contributed by atoms with Crippen molar-refractivity contribution < 1.29 is 4.74 Å². The number of unbranched alkanes of at least 4 members (excludes halogenated alkanes) is 4. The van der Waals surface area contributed by atoms with Gasteiger partial charge in [-0.05, 0) is 42.4 Å². The lowest BCUT2D eigenvalue weighted by atomic mass is 9.79. The van der Waals surface area contributed by atoms with Crippen molar-refractivity contribution in [1.29, 1.82) is 0 Å². The number of hydrogen-bond acceptors (Lipinski definition) is 3. The Morgan fingerprint density at radius 2 is 1.47 bits per heavy atom. The third-order valence-corrected chi connectivity index (χ3v) is 6.73. The molecule has 0 amide bonds. The molecule has 1 saturated carbocycles. The highest BCUT2D eigenvalue weighted by Gasteiger charge is 2.19. The van der Waals surface area contributed by atoms with Gasteiger partial charge in [0, 0.05) is 24.4 Å². The summed E-state index contributed by atoms with van der Waals surface area (Å²) >= 11 is 0. The fourth-order valence-electron chi connectivity index (χ4n) is 4.53. The van der Waals surface area contributed by atoms with Gasteiger partial charge in [0.05, 0.1) is 6.61 Å². The number of ether oxygens (including phenoxy) is 1. The minimum absolute atomic E-state index is 0.807. The number of benzene rings is 1.